The molecule has 1 saturated carbocycles. The van der Waals surface area contributed by atoms with Gasteiger partial charge < -0.3 is 9.47 Å². The van der Waals surface area contributed by atoms with E-state index in [4.69, 9.17) is 9.47 Å². The molecule has 1 aliphatic carbocycles. The van der Waals surface area contributed by atoms with Crippen LogP contribution in [-0.4, -0.2) is 50.7 Å². The van der Waals surface area contributed by atoms with Crippen LogP contribution in [0.2, 0.25) is 0 Å². The van der Waals surface area contributed by atoms with Crippen LogP contribution in [0.15, 0.2) is 29.2 Å². The van der Waals surface area contributed by atoms with Crippen LogP contribution in [0.3, 0.4) is 0 Å². The summed E-state index contributed by atoms with van der Waals surface area (Å²) in [5.74, 6) is -0.551. The summed E-state index contributed by atoms with van der Waals surface area (Å²) in [6.07, 6.45) is 1.17. The van der Waals surface area contributed by atoms with Gasteiger partial charge in [-0.2, -0.15) is 4.31 Å². The minimum Gasteiger partial charge on any atom is -0.376 e. The van der Waals surface area contributed by atoms with Crippen molar-refractivity contribution in [1.82, 2.24) is 4.31 Å². The first-order chi connectivity index (χ1) is 10.5. The van der Waals surface area contributed by atoms with Crippen LogP contribution in [-0.2, 0) is 19.5 Å². The van der Waals surface area contributed by atoms with Crippen LogP contribution in [0.4, 0.5) is 4.39 Å². The number of ether oxygens (including phenoxy) is 2. The van der Waals surface area contributed by atoms with Gasteiger partial charge in [-0.15, -0.1) is 0 Å². The fraction of sp³-hybridized carbons (Fsp3) is 0.600. The summed E-state index contributed by atoms with van der Waals surface area (Å²) >= 11 is 0. The molecule has 0 bridgehead atoms. The Labute approximate surface area is 130 Å². The van der Waals surface area contributed by atoms with Crippen molar-refractivity contribution in [2.75, 3.05) is 19.8 Å². The molecule has 0 unspecified atom stereocenters. The van der Waals surface area contributed by atoms with Gasteiger partial charge in [0, 0.05) is 13.2 Å². The summed E-state index contributed by atoms with van der Waals surface area (Å²) in [6.45, 7) is 3.11. The third-order valence-electron chi connectivity index (χ3n) is 4.27. The Balaban J connectivity index is 1.88. The molecule has 0 aromatic heterocycles. The van der Waals surface area contributed by atoms with Crippen molar-refractivity contribution in [3.63, 3.8) is 0 Å². The molecule has 122 valence electrons. The van der Waals surface area contributed by atoms with Crippen molar-refractivity contribution in [3.8, 4) is 0 Å². The number of halogens is 1. The first kappa shape index (κ1) is 15.9. The molecule has 3 atom stereocenters. The van der Waals surface area contributed by atoms with E-state index in [1.165, 1.54) is 22.5 Å². The van der Waals surface area contributed by atoms with E-state index in [0.29, 0.717) is 26.2 Å². The summed E-state index contributed by atoms with van der Waals surface area (Å²) in [6, 6.07) is 4.91. The fourth-order valence-electron chi connectivity index (χ4n) is 3.34. The molecule has 22 heavy (non-hydrogen) atoms. The minimum atomic E-state index is -3.72. The van der Waals surface area contributed by atoms with E-state index in [-0.39, 0.29) is 23.1 Å². The normalized spacial score (nSPS) is 29.5. The quantitative estimate of drug-likeness (QED) is 0.845. The third kappa shape index (κ3) is 2.78. The molecule has 1 aromatic carbocycles. The molecular formula is C15H20FNO4S. The summed E-state index contributed by atoms with van der Waals surface area (Å²) in [5, 5.41) is 0. The number of nitrogens with zero attached hydrogens (tertiary/aromatic N) is 1. The second kappa shape index (κ2) is 6.23. The topological polar surface area (TPSA) is 55.8 Å². The molecule has 0 spiro atoms. The summed E-state index contributed by atoms with van der Waals surface area (Å²) in [7, 11) is -3.72. The molecule has 5 nitrogen and oxygen atoms in total. The smallest absolute Gasteiger partial charge is 0.243 e. The molecule has 2 fully saturated rings. The zero-order chi connectivity index (χ0) is 15.7. The van der Waals surface area contributed by atoms with E-state index in [1.54, 1.807) is 0 Å². The lowest BCUT2D eigenvalue weighted by atomic mass is 10.1. The Morgan fingerprint density at radius 1 is 1.41 bits per heavy atom. The van der Waals surface area contributed by atoms with Crippen LogP contribution < -0.4 is 0 Å². The lowest BCUT2D eigenvalue weighted by Gasteiger charge is -2.38. The summed E-state index contributed by atoms with van der Waals surface area (Å²) < 4.78 is 51.8. The predicted octanol–water partition coefficient (Wildman–Crippen LogP) is 1.78. The van der Waals surface area contributed by atoms with Crippen molar-refractivity contribution < 1.29 is 22.3 Å². The molecule has 0 amide bonds. The molecule has 0 N–H and O–H groups in total. The van der Waals surface area contributed by atoms with Crippen LogP contribution in [0.1, 0.15) is 19.8 Å². The first-order valence-electron chi connectivity index (χ1n) is 7.54. The minimum absolute atomic E-state index is 0.00647. The number of rotatable bonds is 4. The van der Waals surface area contributed by atoms with Crippen molar-refractivity contribution >= 4 is 10.0 Å². The zero-order valence-corrected chi connectivity index (χ0v) is 13.3. The monoisotopic (exact) mass is 329 g/mol. The molecule has 7 heteroatoms. The van der Waals surface area contributed by atoms with Gasteiger partial charge in [0.2, 0.25) is 10.0 Å². The van der Waals surface area contributed by atoms with E-state index in [9.17, 15) is 12.8 Å². The Bertz CT molecular complexity index is 636. The Morgan fingerprint density at radius 3 is 2.95 bits per heavy atom. The van der Waals surface area contributed by atoms with Gasteiger partial charge in [0.1, 0.15) is 11.9 Å². The van der Waals surface area contributed by atoms with Crippen molar-refractivity contribution in [2.24, 2.45) is 0 Å². The number of fused-ring (bicyclic) bond motifs is 1. The third-order valence-corrected chi connectivity index (χ3v) is 6.19. The number of hydrogen-bond donors (Lipinski definition) is 0. The standard InChI is InChI=1S/C15H20FNO4S/c1-2-20-14-7-6-13-15(14)21-9-8-17(13)22(18,19)12-5-3-4-11(16)10-12/h3-5,10,13-15H,2,6-9H2,1H3/t13-,14+,15+/m0/s1. The zero-order valence-electron chi connectivity index (χ0n) is 12.4. The van der Waals surface area contributed by atoms with Crippen molar-refractivity contribution in [2.45, 2.75) is 42.9 Å². The molecule has 1 heterocycles. The van der Waals surface area contributed by atoms with Gasteiger partial charge in [0.05, 0.1) is 23.6 Å². The van der Waals surface area contributed by atoms with E-state index in [0.717, 1.165) is 12.5 Å². The van der Waals surface area contributed by atoms with Gasteiger partial charge in [-0.25, -0.2) is 12.8 Å². The van der Waals surface area contributed by atoms with Crippen molar-refractivity contribution in [1.29, 1.82) is 0 Å². The highest BCUT2D eigenvalue weighted by molar-refractivity contribution is 7.89. The van der Waals surface area contributed by atoms with Gasteiger partial charge in [-0.05, 0) is 38.0 Å². The fourth-order valence-corrected chi connectivity index (χ4v) is 5.02. The lowest BCUT2D eigenvalue weighted by molar-refractivity contribution is -0.0938. The Morgan fingerprint density at radius 2 is 2.23 bits per heavy atom. The molecular weight excluding hydrogens is 309 g/mol. The summed E-state index contributed by atoms with van der Waals surface area (Å²) in [5.41, 5.74) is 0. The van der Waals surface area contributed by atoms with Gasteiger partial charge in [-0.1, -0.05) is 6.07 Å². The second-order valence-corrected chi connectivity index (χ2v) is 7.44. The van der Waals surface area contributed by atoms with Gasteiger partial charge in [0.25, 0.3) is 0 Å². The molecule has 3 rings (SSSR count). The van der Waals surface area contributed by atoms with E-state index in [1.807, 2.05) is 6.92 Å². The summed E-state index contributed by atoms with van der Waals surface area (Å²) in [4.78, 5) is -0.00647. The number of hydrogen-bond acceptors (Lipinski definition) is 4. The maximum Gasteiger partial charge on any atom is 0.243 e. The van der Waals surface area contributed by atoms with Crippen LogP contribution in [0.25, 0.3) is 0 Å². The maximum atomic E-state index is 13.4. The van der Waals surface area contributed by atoms with Gasteiger partial charge in [0.15, 0.2) is 0 Å². The highest BCUT2D eigenvalue weighted by Crippen LogP contribution is 2.35. The molecule has 1 aliphatic heterocycles. The second-order valence-electron chi connectivity index (χ2n) is 5.55. The van der Waals surface area contributed by atoms with E-state index in [2.05, 4.69) is 0 Å². The van der Waals surface area contributed by atoms with Crippen LogP contribution >= 0.6 is 0 Å². The number of morpholine rings is 1. The Hall–Kier alpha value is -1.02. The molecule has 2 aliphatic rings. The van der Waals surface area contributed by atoms with Crippen molar-refractivity contribution in [3.05, 3.63) is 30.1 Å². The largest absolute Gasteiger partial charge is 0.376 e. The Kier molecular flexibility index (Phi) is 4.49. The maximum absolute atomic E-state index is 13.4. The lowest BCUT2D eigenvalue weighted by Crippen LogP contribution is -2.53. The average molecular weight is 329 g/mol. The van der Waals surface area contributed by atoms with Gasteiger partial charge in [-0.3, -0.25) is 0 Å². The molecule has 1 saturated heterocycles. The van der Waals surface area contributed by atoms with E-state index >= 15 is 0 Å². The highest BCUT2D eigenvalue weighted by atomic mass is 32.2. The number of benzene rings is 1. The predicted molar refractivity (Wildman–Crippen MR) is 78.5 cm³/mol. The molecule has 0 radical (unpaired) electrons. The SMILES string of the molecule is CCO[C@@H]1CC[C@H]2[C@H]1OCCN2S(=O)(=O)c1cccc(F)c1. The number of sulfonamides is 1. The highest BCUT2D eigenvalue weighted by Gasteiger charge is 2.47. The average Bonchev–Trinajstić information content (AvgIpc) is 2.91. The first-order valence-corrected chi connectivity index (χ1v) is 8.98. The molecule has 1 aromatic rings. The van der Waals surface area contributed by atoms with Crippen LogP contribution in [0.5, 0.6) is 0 Å². The van der Waals surface area contributed by atoms with Crippen LogP contribution in [0, 0.1) is 5.82 Å². The van der Waals surface area contributed by atoms with E-state index < -0.39 is 15.8 Å². The van der Waals surface area contributed by atoms with Gasteiger partial charge >= 0.3 is 0 Å².